The lowest BCUT2D eigenvalue weighted by Gasteiger charge is -2.32. The molecule has 1 aliphatic rings. The lowest BCUT2D eigenvalue weighted by Crippen LogP contribution is -2.41. The highest BCUT2D eigenvalue weighted by Crippen LogP contribution is 2.24. The molecule has 1 amide bonds. The van der Waals surface area contributed by atoms with Crippen LogP contribution in [0.25, 0.3) is 11.1 Å². The van der Waals surface area contributed by atoms with E-state index in [-0.39, 0.29) is 11.8 Å². The molecular formula is C24H26N4O. The molecule has 2 aromatic carbocycles. The van der Waals surface area contributed by atoms with Crippen LogP contribution in [0.15, 0.2) is 60.9 Å². The molecule has 5 nitrogen and oxygen atoms in total. The Morgan fingerprint density at radius 1 is 1.00 bits per heavy atom. The Kier molecular flexibility index (Phi) is 5.56. The fourth-order valence-corrected chi connectivity index (χ4v) is 3.72. The van der Waals surface area contributed by atoms with E-state index < -0.39 is 0 Å². The van der Waals surface area contributed by atoms with Gasteiger partial charge >= 0.3 is 0 Å². The van der Waals surface area contributed by atoms with E-state index in [2.05, 4.69) is 51.4 Å². The number of anilines is 2. The monoisotopic (exact) mass is 386 g/mol. The summed E-state index contributed by atoms with van der Waals surface area (Å²) in [5, 5.41) is 3.05. The third-order valence-electron chi connectivity index (χ3n) is 5.38. The van der Waals surface area contributed by atoms with E-state index in [1.807, 2.05) is 43.6 Å². The number of hydrogen-bond donors (Lipinski definition) is 1. The molecule has 0 radical (unpaired) electrons. The SMILES string of the molecule is Cc1ccc(-c2cnc(N3CCC[C@@H](C(=O)Nc4cccc(C)c4)C3)nc2)cc1. The molecule has 1 aromatic heterocycles. The Morgan fingerprint density at radius 3 is 2.48 bits per heavy atom. The van der Waals surface area contributed by atoms with Crippen LogP contribution in [0.2, 0.25) is 0 Å². The molecule has 1 N–H and O–H groups in total. The highest BCUT2D eigenvalue weighted by molar-refractivity contribution is 5.93. The van der Waals surface area contributed by atoms with Crippen LogP contribution in [-0.4, -0.2) is 29.0 Å². The minimum atomic E-state index is -0.0652. The third-order valence-corrected chi connectivity index (χ3v) is 5.38. The predicted octanol–water partition coefficient (Wildman–Crippen LogP) is 4.62. The van der Waals surface area contributed by atoms with Crippen LogP contribution in [0.3, 0.4) is 0 Å². The molecule has 1 fully saturated rings. The number of amides is 1. The summed E-state index contributed by atoms with van der Waals surface area (Å²) < 4.78 is 0. The first-order valence-corrected chi connectivity index (χ1v) is 10.1. The number of hydrogen-bond acceptors (Lipinski definition) is 4. The molecule has 1 atom stereocenters. The predicted molar refractivity (Wildman–Crippen MR) is 117 cm³/mol. The van der Waals surface area contributed by atoms with E-state index in [0.717, 1.165) is 41.8 Å². The van der Waals surface area contributed by atoms with Crippen LogP contribution in [0.4, 0.5) is 11.6 Å². The molecule has 29 heavy (non-hydrogen) atoms. The van der Waals surface area contributed by atoms with Crippen LogP contribution in [-0.2, 0) is 4.79 Å². The van der Waals surface area contributed by atoms with Gasteiger partial charge in [-0.1, -0.05) is 42.0 Å². The van der Waals surface area contributed by atoms with Gasteiger partial charge in [-0.25, -0.2) is 9.97 Å². The first-order valence-electron chi connectivity index (χ1n) is 10.1. The zero-order valence-electron chi connectivity index (χ0n) is 16.9. The van der Waals surface area contributed by atoms with Crippen molar-refractivity contribution in [3.05, 3.63) is 72.1 Å². The van der Waals surface area contributed by atoms with Crippen LogP contribution in [0, 0.1) is 19.8 Å². The highest BCUT2D eigenvalue weighted by atomic mass is 16.1. The Morgan fingerprint density at radius 2 is 1.76 bits per heavy atom. The molecule has 2 heterocycles. The van der Waals surface area contributed by atoms with Crippen molar-refractivity contribution in [2.45, 2.75) is 26.7 Å². The second-order valence-electron chi connectivity index (χ2n) is 7.78. The zero-order valence-corrected chi connectivity index (χ0v) is 16.9. The topological polar surface area (TPSA) is 58.1 Å². The maximum absolute atomic E-state index is 12.7. The number of rotatable bonds is 4. The third kappa shape index (κ3) is 4.62. The molecule has 1 saturated heterocycles. The minimum absolute atomic E-state index is 0.0652. The molecule has 1 aliphatic heterocycles. The van der Waals surface area contributed by atoms with Crippen molar-refractivity contribution in [1.29, 1.82) is 0 Å². The Bertz CT molecular complexity index is 983. The summed E-state index contributed by atoms with van der Waals surface area (Å²) in [6.45, 7) is 5.61. The van der Waals surface area contributed by atoms with E-state index in [1.54, 1.807) is 0 Å². The Hall–Kier alpha value is -3.21. The summed E-state index contributed by atoms with van der Waals surface area (Å²) in [4.78, 5) is 24.0. The molecule has 3 aromatic rings. The number of aryl methyl sites for hydroxylation is 2. The number of carbonyl (C=O) groups excluding carboxylic acids is 1. The van der Waals surface area contributed by atoms with Crippen molar-refractivity contribution < 1.29 is 4.79 Å². The number of benzene rings is 2. The van der Waals surface area contributed by atoms with E-state index in [0.29, 0.717) is 12.5 Å². The first kappa shape index (κ1) is 19.1. The van der Waals surface area contributed by atoms with Crippen molar-refractivity contribution in [2.24, 2.45) is 5.92 Å². The van der Waals surface area contributed by atoms with Gasteiger partial charge in [-0.05, 0) is 49.9 Å². The minimum Gasteiger partial charge on any atom is -0.340 e. The van der Waals surface area contributed by atoms with Gasteiger partial charge in [-0.2, -0.15) is 0 Å². The second kappa shape index (κ2) is 8.43. The van der Waals surface area contributed by atoms with Gasteiger partial charge in [-0.3, -0.25) is 4.79 Å². The van der Waals surface area contributed by atoms with Gasteiger partial charge in [0.2, 0.25) is 11.9 Å². The van der Waals surface area contributed by atoms with Crippen LogP contribution < -0.4 is 10.2 Å². The van der Waals surface area contributed by atoms with Crippen molar-refractivity contribution in [1.82, 2.24) is 9.97 Å². The normalized spacial score (nSPS) is 16.5. The van der Waals surface area contributed by atoms with Gasteiger partial charge in [0.05, 0.1) is 5.92 Å². The Balaban J connectivity index is 1.42. The van der Waals surface area contributed by atoms with E-state index in [1.165, 1.54) is 5.56 Å². The number of piperidine rings is 1. The van der Waals surface area contributed by atoms with Gasteiger partial charge in [0.15, 0.2) is 0 Å². The summed E-state index contributed by atoms with van der Waals surface area (Å²) in [7, 11) is 0. The molecule has 0 unspecified atom stereocenters. The van der Waals surface area contributed by atoms with Crippen LogP contribution >= 0.6 is 0 Å². The summed E-state index contributed by atoms with van der Waals surface area (Å²) in [5.74, 6) is 0.690. The number of nitrogens with one attached hydrogen (secondary N) is 1. The van der Waals surface area contributed by atoms with Crippen molar-refractivity contribution in [3.8, 4) is 11.1 Å². The molecule has 0 saturated carbocycles. The van der Waals surface area contributed by atoms with Gasteiger partial charge in [-0.15, -0.1) is 0 Å². The smallest absolute Gasteiger partial charge is 0.229 e. The Labute approximate surface area is 171 Å². The molecule has 5 heteroatoms. The standard InChI is InChI=1S/C24H26N4O/c1-17-8-10-19(11-9-17)21-14-25-24(26-15-21)28-12-4-6-20(16-28)23(29)27-22-7-3-5-18(2)13-22/h3,5,7-11,13-15,20H,4,6,12,16H2,1-2H3,(H,27,29)/t20-/m1/s1. The summed E-state index contributed by atoms with van der Waals surface area (Å²) in [6, 6.07) is 16.2. The maximum atomic E-state index is 12.7. The summed E-state index contributed by atoms with van der Waals surface area (Å²) in [6.07, 6.45) is 5.57. The van der Waals surface area contributed by atoms with Crippen molar-refractivity contribution in [2.75, 3.05) is 23.3 Å². The quantitative estimate of drug-likeness (QED) is 0.711. The number of nitrogens with zero attached hydrogens (tertiary/aromatic N) is 3. The first-order chi connectivity index (χ1) is 14.1. The van der Waals surface area contributed by atoms with E-state index >= 15 is 0 Å². The fourth-order valence-electron chi connectivity index (χ4n) is 3.72. The van der Waals surface area contributed by atoms with Gasteiger partial charge in [0, 0.05) is 36.7 Å². The van der Waals surface area contributed by atoms with Crippen LogP contribution in [0.1, 0.15) is 24.0 Å². The van der Waals surface area contributed by atoms with E-state index in [4.69, 9.17) is 0 Å². The second-order valence-corrected chi connectivity index (χ2v) is 7.78. The average molecular weight is 386 g/mol. The molecule has 0 aliphatic carbocycles. The van der Waals surface area contributed by atoms with E-state index in [9.17, 15) is 4.79 Å². The summed E-state index contributed by atoms with van der Waals surface area (Å²) >= 11 is 0. The average Bonchev–Trinajstić information content (AvgIpc) is 2.74. The molecule has 4 rings (SSSR count). The van der Waals surface area contributed by atoms with Gasteiger partial charge in [0.1, 0.15) is 0 Å². The van der Waals surface area contributed by atoms with Crippen molar-refractivity contribution >= 4 is 17.5 Å². The summed E-state index contributed by atoms with van der Waals surface area (Å²) in [5.41, 5.74) is 5.33. The zero-order chi connectivity index (χ0) is 20.2. The van der Waals surface area contributed by atoms with Crippen molar-refractivity contribution in [3.63, 3.8) is 0 Å². The highest BCUT2D eigenvalue weighted by Gasteiger charge is 2.27. The fraction of sp³-hybridized carbons (Fsp3) is 0.292. The number of carbonyl (C=O) groups is 1. The molecule has 148 valence electrons. The lowest BCUT2D eigenvalue weighted by atomic mass is 9.97. The maximum Gasteiger partial charge on any atom is 0.229 e. The molecular weight excluding hydrogens is 360 g/mol. The van der Waals surface area contributed by atoms with Gasteiger partial charge in [0.25, 0.3) is 0 Å². The largest absolute Gasteiger partial charge is 0.340 e. The number of aromatic nitrogens is 2. The van der Waals surface area contributed by atoms with Gasteiger partial charge < -0.3 is 10.2 Å². The molecule has 0 spiro atoms. The van der Waals surface area contributed by atoms with Crippen LogP contribution in [0.5, 0.6) is 0 Å². The lowest BCUT2D eigenvalue weighted by molar-refractivity contribution is -0.120. The molecule has 0 bridgehead atoms.